The molecule has 0 aliphatic rings. The first-order valence-corrected chi connectivity index (χ1v) is 12.5. The normalized spacial score (nSPS) is 14.1. The van der Waals surface area contributed by atoms with E-state index in [-0.39, 0.29) is 12.6 Å². The van der Waals surface area contributed by atoms with Crippen molar-refractivity contribution in [1.29, 1.82) is 0 Å². The minimum atomic E-state index is -0.377. The Bertz CT molecular complexity index is 616. The van der Waals surface area contributed by atoms with Gasteiger partial charge in [-0.2, -0.15) is 0 Å². The summed E-state index contributed by atoms with van der Waals surface area (Å²) in [7, 11) is 0. The van der Waals surface area contributed by atoms with E-state index in [1.165, 1.54) is 37.7 Å². The van der Waals surface area contributed by atoms with Crippen LogP contribution in [-0.2, 0) is 9.53 Å². The Balaban J connectivity index is 2.72. The number of benzene rings is 1. The highest BCUT2D eigenvalue weighted by Crippen LogP contribution is 2.37. The van der Waals surface area contributed by atoms with Crippen LogP contribution in [0.1, 0.15) is 77.2 Å². The van der Waals surface area contributed by atoms with Gasteiger partial charge in [-0.15, -0.1) is 0 Å². The molecule has 0 saturated heterocycles. The Morgan fingerprint density at radius 2 is 1.83 bits per heavy atom. The molecule has 0 bridgehead atoms. The van der Waals surface area contributed by atoms with Crippen molar-refractivity contribution in [2.45, 2.75) is 81.3 Å². The molecule has 29 heavy (non-hydrogen) atoms. The van der Waals surface area contributed by atoms with E-state index in [9.17, 15) is 4.79 Å². The minimum absolute atomic E-state index is 0.220. The van der Waals surface area contributed by atoms with Crippen molar-refractivity contribution >= 4 is 37.8 Å². The quantitative estimate of drug-likeness (QED) is 0.101. The summed E-state index contributed by atoms with van der Waals surface area (Å²) in [4.78, 5) is 12.4. The highest BCUT2D eigenvalue weighted by atomic mass is 79.9. The van der Waals surface area contributed by atoms with Gasteiger partial charge in [-0.3, -0.25) is 0 Å². The van der Waals surface area contributed by atoms with Crippen LogP contribution in [0.4, 0.5) is 0 Å². The maximum atomic E-state index is 11.5. The zero-order valence-corrected chi connectivity index (χ0v) is 21.3. The number of hydrogen-bond acceptors (Lipinski definition) is 3. The summed E-state index contributed by atoms with van der Waals surface area (Å²) in [5, 5.41) is 0. The third-order valence-corrected chi connectivity index (χ3v) is 6.01. The van der Waals surface area contributed by atoms with Gasteiger partial charge in [0.2, 0.25) is 0 Å². The molecule has 1 aromatic carbocycles. The topological polar surface area (TPSA) is 35.5 Å². The van der Waals surface area contributed by atoms with E-state index in [0.29, 0.717) is 27.8 Å². The first kappa shape index (κ1) is 26.2. The first-order valence-electron chi connectivity index (χ1n) is 10.7. The van der Waals surface area contributed by atoms with Crippen molar-refractivity contribution in [1.82, 2.24) is 0 Å². The number of ether oxygens (including phenoxy) is 2. The van der Waals surface area contributed by atoms with Gasteiger partial charge in [0, 0.05) is 15.2 Å². The molecule has 3 nitrogen and oxygen atoms in total. The number of halogens is 2. The molecule has 1 rings (SSSR count). The summed E-state index contributed by atoms with van der Waals surface area (Å²) < 4.78 is 11.1. The molecule has 164 valence electrons. The molecule has 0 amide bonds. The van der Waals surface area contributed by atoms with Crippen LogP contribution in [0.3, 0.4) is 0 Å². The van der Waals surface area contributed by atoms with Gasteiger partial charge in [0.05, 0.1) is 0 Å². The van der Waals surface area contributed by atoms with Crippen molar-refractivity contribution in [3.05, 3.63) is 42.0 Å². The van der Waals surface area contributed by atoms with E-state index < -0.39 is 0 Å². The zero-order valence-electron chi connectivity index (χ0n) is 18.1. The van der Waals surface area contributed by atoms with Crippen LogP contribution in [-0.4, -0.2) is 28.8 Å². The fourth-order valence-corrected chi connectivity index (χ4v) is 4.55. The van der Waals surface area contributed by atoms with E-state index in [4.69, 9.17) is 9.47 Å². The van der Waals surface area contributed by atoms with Gasteiger partial charge in [-0.05, 0) is 43.7 Å². The molecular weight excluding hydrogens is 496 g/mol. The summed E-state index contributed by atoms with van der Waals surface area (Å²) in [5.74, 6) is 0.898. The molecule has 3 unspecified atom stereocenters. The molecule has 0 N–H and O–H groups in total. The van der Waals surface area contributed by atoms with Crippen LogP contribution < -0.4 is 4.74 Å². The molecule has 0 aromatic heterocycles. The summed E-state index contributed by atoms with van der Waals surface area (Å²) in [6.07, 6.45) is 8.48. The lowest BCUT2D eigenvalue weighted by Crippen LogP contribution is -2.15. The van der Waals surface area contributed by atoms with Crippen molar-refractivity contribution in [3.63, 3.8) is 0 Å². The van der Waals surface area contributed by atoms with Gasteiger partial charge in [-0.1, -0.05) is 96.2 Å². The van der Waals surface area contributed by atoms with Gasteiger partial charge in [-0.25, -0.2) is 4.79 Å². The zero-order chi connectivity index (χ0) is 21.6. The molecular formula is C24H36Br2O3. The lowest BCUT2D eigenvalue weighted by molar-refractivity contribution is -0.139. The summed E-state index contributed by atoms with van der Waals surface area (Å²) in [6.45, 7) is 10.2. The molecule has 0 aliphatic carbocycles. The molecule has 0 radical (unpaired) electrons. The van der Waals surface area contributed by atoms with Gasteiger partial charge < -0.3 is 9.47 Å². The number of carbonyl (C=O) groups excluding carboxylic acids is 1. The van der Waals surface area contributed by atoms with Crippen molar-refractivity contribution < 1.29 is 14.3 Å². The van der Waals surface area contributed by atoms with E-state index >= 15 is 0 Å². The molecule has 5 heteroatoms. The van der Waals surface area contributed by atoms with Crippen molar-refractivity contribution in [3.8, 4) is 5.75 Å². The first-order chi connectivity index (χ1) is 13.8. The Labute approximate surface area is 193 Å². The minimum Gasteiger partial charge on any atom is -0.490 e. The average molecular weight is 532 g/mol. The Morgan fingerprint density at radius 1 is 1.10 bits per heavy atom. The van der Waals surface area contributed by atoms with Crippen LogP contribution in [0, 0.1) is 0 Å². The van der Waals surface area contributed by atoms with Gasteiger partial charge >= 0.3 is 5.97 Å². The van der Waals surface area contributed by atoms with Crippen LogP contribution in [0.5, 0.6) is 5.75 Å². The van der Waals surface area contributed by atoms with E-state index in [1.54, 1.807) is 6.92 Å². The van der Waals surface area contributed by atoms with Gasteiger partial charge in [0.1, 0.15) is 19.0 Å². The Morgan fingerprint density at radius 3 is 2.48 bits per heavy atom. The number of rotatable bonds is 15. The van der Waals surface area contributed by atoms with Crippen molar-refractivity contribution in [2.24, 2.45) is 0 Å². The van der Waals surface area contributed by atoms with Crippen LogP contribution in [0.15, 0.2) is 36.4 Å². The van der Waals surface area contributed by atoms with E-state index in [2.05, 4.69) is 64.4 Å². The maximum Gasteiger partial charge on any atom is 0.333 e. The molecule has 0 saturated carbocycles. The SMILES string of the molecule is C=C(C)C(=O)OCCOc1ccccc1C(CC(C)Br)CC(Br)CCCCCC. The number of unbranched alkanes of at least 4 members (excludes halogenated alkanes) is 3. The maximum absolute atomic E-state index is 11.5. The number of para-hydroxylation sites is 1. The van der Waals surface area contributed by atoms with Gasteiger partial charge in [0.25, 0.3) is 0 Å². The monoisotopic (exact) mass is 530 g/mol. The predicted molar refractivity (Wildman–Crippen MR) is 130 cm³/mol. The second kappa shape index (κ2) is 15.1. The molecule has 3 atom stereocenters. The van der Waals surface area contributed by atoms with Gasteiger partial charge in [0.15, 0.2) is 0 Å². The molecule has 0 heterocycles. The molecule has 0 aliphatic heterocycles. The van der Waals surface area contributed by atoms with Crippen LogP contribution in [0.25, 0.3) is 0 Å². The second-order valence-corrected chi connectivity index (χ2v) is 10.6. The van der Waals surface area contributed by atoms with Crippen molar-refractivity contribution in [2.75, 3.05) is 13.2 Å². The lowest BCUT2D eigenvalue weighted by Gasteiger charge is -2.24. The Hall–Kier alpha value is -0.810. The van der Waals surface area contributed by atoms with E-state index in [1.807, 2.05) is 12.1 Å². The second-order valence-electron chi connectivity index (χ2n) is 7.70. The smallest absolute Gasteiger partial charge is 0.333 e. The fraction of sp³-hybridized carbons (Fsp3) is 0.625. The summed E-state index contributed by atoms with van der Waals surface area (Å²) in [5.41, 5.74) is 1.63. The van der Waals surface area contributed by atoms with Crippen LogP contribution in [0.2, 0.25) is 0 Å². The standard InChI is InChI=1S/C24H36Br2O3/c1-5-6-7-8-11-21(26)17-20(16-19(4)25)22-12-9-10-13-23(22)28-14-15-29-24(27)18(2)3/h9-10,12-13,19-21H,2,5-8,11,14-17H2,1,3-4H3. The molecule has 0 spiro atoms. The number of alkyl halides is 2. The highest BCUT2D eigenvalue weighted by molar-refractivity contribution is 9.09. The largest absolute Gasteiger partial charge is 0.490 e. The summed E-state index contributed by atoms with van der Waals surface area (Å²) in [6, 6.07) is 8.22. The fourth-order valence-electron chi connectivity index (χ4n) is 3.32. The Kier molecular flexibility index (Phi) is 13.6. The average Bonchev–Trinajstić information content (AvgIpc) is 2.67. The molecule has 0 fully saturated rings. The summed E-state index contributed by atoms with van der Waals surface area (Å²) >= 11 is 7.65. The van der Waals surface area contributed by atoms with Crippen LogP contribution >= 0.6 is 31.9 Å². The number of esters is 1. The highest BCUT2D eigenvalue weighted by Gasteiger charge is 2.21. The third kappa shape index (κ3) is 11.2. The lowest BCUT2D eigenvalue weighted by atomic mass is 9.88. The number of hydrogen-bond donors (Lipinski definition) is 0. The van der Waals surface area contributed by atoms with E-state index in [0.717, 1.165) is 18.6 Å². The number of carbonyl (C=O) groups is 1. The predicted octanol–water partition coefficient (Wildman–Crippen LogP) is 7.57. The third-order valence-electron chi connectivity index (χ3n) is 4.80. The molecule has 1 aromatic rings.